The van der Waals surface area contributed by atoms with Gasteiger partial charge in [-0.05, 0) is 49.4 Å². The Hall–Kier alpha value is -2.78. The highest BCUT2D eigenvalue weighted by Crippen LogP contribution is 2.24. The molecule has 2 aromatic rings. The van der Waals surface area contributed by atoms with Gasteiger partial charge in [0.05, 0.1) is 5.56 Å². The molecule has 0 spiro atoms. The summed E-state index contributed by atoms with van der Waals surface area (Å²) in [5.74, 6) is -2.24. The zero-order chi connectivity index (χ0) is 24.0. The lowest BCUT2D eigenvalue weighted by Gasteiger charge is -2.26. The minimum atomic E-state index is -4.07. The monoisotopic (exact) mass is 476 g/mol. The third kappa shape index (κ3) is 6.17. The van der Waals surface area contributed by atoms with Gasteiger partial charge in [-0.1, -0.05) is 43.7 Å². The van der Waals surface area contributed by atoms with Gasteiger partial charge in [-0.25, -0.2) is 17.6 Å². The van der Waals surface area contributed by atoms with Gasteiger partial charge in [0.15, 0.2) is 6.10 Å². The predicted octanol–water partition coefficient (Wildman–Crippen LogP) is 3.47. The van der Waals surface area contributed by atoms with Crippen molar-refractivity contribution in [3.8, 4) is 0 Å². The predicted molar refractivity (Wildman–Crippen MR) is 122 cm³/mol. The number of sulfonamides is 1. The third-order valence-electron chi connectivity index (χ3n) is 5.70. The standard InChI is InChI=1S/C24H29FN2O5S/c1-17(19-9-5-3-6-10-19)16-26-23(28)18(2)32-24(29)20-11-12-21(25)22(15-20)33(30,31)27-13-7-4-8-14-27/h3,5-6,9-12,15,17-18H,4,7-8,13-14,16H2,1-2H3,(H,26,28). The smallest absolute Gasteiger partial charge is 0.338 e. The maximum absolute atomic E-state index is 14.4. The van der Waals surface area contributed by atoms with Gasteiger partial charge in [-0.3, -0.25) is 4.79 Å². The number of nitrogens with zero attached hydrogens (tertiary/aromatic N) is 1. The molecule has 2 aromatic carbocycles. The van der Waals surface area contributed by atoms with Crippen LogP contribution in [-0.4, -0.2) is 50.3 Å². The van der Waals surface area contributed by atoms with E-state index in [1.54, 1.807) is 0 Å². The van der Waals surface area contributed by atoms with E-state index in [0.717, 1.165) is 30.2 Å². The lowest BCUT2D eigenvalue weighted by molar-refractivity contribution is -0.129. The summed E-state index contributed by atoms with van der Waals surface area (Å²) in [5.41, 5.74) is 0.931. The summed E-state index contributed by atoms with van der Waals surface area (Å²) in [7, 11) is -4.07. The fourth-order valence-corrected chi connectivity index (χ4v) is 5.26. The highest BCUT2D eigenvalue weighted by atomic mass is 32.2. The number of hydrogen-bond donors (Lipinski definition) is 1. The molecule has 0 aliphatic carbocycles. The van der Waals surface area contributed by atoms with Gasteiger partial charge in [0, 0.05) is 19.6 Å². The molecule has 9 heteroatoms. The summed E-state index contributed by atoms with van der Waals surface area (Å²) in [6, 6.07) is 12.7. The summed E-state index contributed by atoms with van der Waals surface area (Å²) >= 11 is 0. The van der Waals surface area contributed by atoms with Gasteiger partial charge >= 0.3 is 5.97 Å². The Morgan fingerprint density at radius 1 is 1.06 bits per heavy atom. The SMILES string of the molecule is CC(OC(=O)c1ccc(F)c(S(=O)(=O)N2CCCCC2)c1)C(=O)NCC(C)c1ccccc1. The van der Waals surface area contributed by atoms with Crippen LogP contribution < -0.4 is 5.32 Å². The highest BCUT2D eigenvalue weighted by molar-refractivity contribution is 7.89. The van der Waals surface area contributed by atoms with Gasteiger partial charge < -0.3 is 10.1 Å². The van der Waals surface area contributed by atoms with Gasteiger partial charge in [0.25, 0.3) is 5.91 Å². The molecule has 0 aromatic heterocycles. The van der Waals surface area contributed by atoms with E-state index in [0.29, 0.717) is 32.5 Å². The average molecular weight is 477 g/mol. The molecule has 33 heavy (non-hydrogen) atoms. The molecular weight excluding hydrogens is 447 g/mol. The van der Waals surface area contributed by atoms with Crippen LogP contribution in [0.4, 0.5) is 4.39 Å². The van der Waals surface area contributed by atoms with E-state index < -0.39 is 38.7 Å². The van der Waals surface area contributed by atoms with Gasteiger partial charge in [-0.2, -0.15) is 4.31 Å². The summed E-state index contributed by atoms with van der Waals surface area (Å²) in [6.07, 6.45) is 1.23. The molecule has 2 atom stereocenters. The fraction of sp³-hybridized carbons (Fsp3) is 0.417. The van der Waals surface area contributed by atoms with E-state index in [2.05, 4.69) is 5.32 Å². The van der Waals surface area contributed by atoms with Crippen molar-refractivity contribution in [2.75, 3.05) is 19.6 Å². The van der Waals surface area contributed by atoms with Crippen LogP contribution in [0.25, 0.3) is 0 Å². The Bertz CT molecular complexity index is 1090. The molecule has 0 saturated carbocycles. The quantitative estimate of drug-likeness (QED) is 0.589. The Labute approximate surface area is 194 Å². The number of carbonyl (C=O) groups is 2. The first-order chi connectivity index (χ1) is 15.7. The molecule has 2 unspecified atom stereocenters. The van der Waals surface area contributed by atoms with E-state index in [-0.39, 0.29) is 11.5 Å². The van der Waals surface area contributed by atoms with Crippen LogP contribution >= 0.6 is 0 Å². The van der Waals surface area contributed by atoms with Crippen molar-refractivity contribution in [2.45, 2.75) is 50.0 Å². The molecule has 1 saturated heterocycles. The Morgan fingerprint density at radius 3 is 2.39 bits per heavy atom. The van der Waals surface area contributed by atoms with Gasteiger partial charge in [-0.15, -0.1) is 0 Å². The second-order valence-corrected chi connectivity index (χ2v) is 10.1. The molecule has 1 amide bonds. The van der Waals surface area contributed by atoms with E-state index >= 15 is 0 Å². The molecule has 7 nitrogen and oxygen atoms in total. The molecule has 3 rings (SSSR count). The second kappa shape index (κ2) is 10.9. The largest absolute Gasteiger partial charge is 0.449 e. The molecule has 1 heterocycles. The highest BCUT2D eigenvalue weighted by Gasteiger charge is 2.30. The van der Waals surface area contributed by atoms with Gasteiger partial charge in [0.1, 0.15) is 10.7 Å². The number of halogens is 1. The summed E-state index contributed by atoms with van der Waals surface area (Å²) in [4.78, 5) is 24.4. The minimum absolute atomic E-state index is 0.0673. The minimum Gasteiger partial charge on any atom is -0.449 e. The number of carbonyl (C=O) groups excluding carboxylic acids is 2. The fourth-order valence-electron chi connectivity index (χ4n) is 3.65. The van der Waals surface area contributed by atoms with Crippen molar-refractivity contribution in [1.82, 2.24) is 9.62 Å². The second-order valence-electron chi connectivity index (χ2n) is 8.21. The van der Waals surface area contributed by atoms with Crippen molar-refractivity contribution < 1.29 is 27.1 Å². The molecular formula is C24H29FN2O5S. The number of piperidine rings is 1. The van der Waals surface area contributed by atoms with Crippen molar-refractivity contribution in [3.63, 3.8) is 0 Å². The molecule has 1 N–H and O–H groups in total. The maximum atomic E-state index is 14.4. The molecule has 1 aliphatic rings. The van der Waals surface area contributed by atoms with E-state index in [1.807, 2.05) is 37.3 Å². The van der Waals surface area contributed by atoms with Crippen molar-refractivity contribution in [3.05, 3.63) is 65.5 Å². The number of benzene rings is 2. The van der Waals surface area contributed by atoms with Crippen LogP contribution in [-0.2, 0) is 19.6 Å². The third-order valence-corrected chi connectivity index (χ3v) is 7.62. The molecule has 0 bridgehead atoms. The topological polar surface area (TPSA) is 92.8 Å². The lowest BCUT2D eigenvalue weighted by atomic mass is 10.0. The average Bonchev–Trinajstić information content (AvgIpc) is 2.83. The van der Waals surface area contributed by atoms with Crippen molar-refractivity contribution in [2.24, 2.45) is 0 Å². The molecule has 1 fully saturated rings. The number of ether oxygens (including phenoxy) is 1. The first kappa shape index (κ1) is 24.9. The first-order valence-corrected chi connectivity index (χ1v) is 12.5. The summed E-state index contributed by atoms with van der Waals surface area (Å²) in [5, 5.41) is 2.75. The van der Waals surface area contributed by atoms with E-state index in [1.165, 1.54) is 11.2 Å². The van der Waals surface area contributed by atoms with E-state index in [9.17, 15) is 22.4 Å². The maximum Gasteiger partial charge on any atom is 0.338 e. The first-order valence-electron chi connectivity index (χ1n) is 11.0. The number of esters is 1. The lowest BCUT2D eigenvalue weighted by Crippen LogP contribution is -2.38. The Balaban J connectivity index is 1.63. The summed E-state index contributed by atoms with van der Waals surface area (Å²) < 4.78 is 46.5. The zero-order valence-electron chi connectivity index (χ0n) is 18.8. The van der Waals surface area contributed by atoms with Gasteiger partial charge in [0.2, 0.25) is 10.0 Å². The number of hydrogen-bond acceptors (Lipinski definition) is 5. The van der Waals surface area contributed by atoms with Crippen LogP contribution in [0.15, 0.2) is 53.4 Å². The van der Waals surface area contributed by atoms with E-state index in [4.69, 9.17) is 4.74 Å². The number of rotatable bonds is 8. The Morgan fingerprint density at radius 2 is 1.73 bits per heavy atom. The molecule has 0 radical (unpaired) electrons. The normalized spacial score (nSPS) is 16.6. The zero-order valence-corrected chi connectivity index (χ0v) is 19.6. The van der Waals surface area contributed by atoms with Crippen LogP contribution in [0.3, 0.4) is 0 Å². The number of nitrogens with one attached hydrogen (secondary N) is 1. The van der Waals surface area contributed by atoms with Crippen LogP contribution in [0.1, 0.15) is 54.9 Å². The summed E-state index contributed by atoms with van der Waals surface area (Å²) in [6.45, 7) is 4.38. The van der Waals surface area contributed by atoms with Crippen molar-refractivity contribution in [1.29, 1.82) is 0 Å². The van der Waals surface area contributed by atoms with Crippen LogP contribution in [0, 0.1) is 5.82 Å². The molecule has 1 aliphatic heterocycles. The van der Waals surface area contributed by atoms with Crippen LogP contribution in [0.2, 0.25) is 0 Å². The van der Waals surface area contributed by atoms with Crippen LogP contribution in [0.5, 0.6) is 0 Å². The van der Waals surface area contributed by atoms with Crippen molar-refractivity contribution >= 4 is 21.9 Å². The Kier molecular flexibility index (Phi) is 8.20. The molecule has 178 valence electrons. The number of amides is 1.